The Morgan fingerprint density at radius 2 is 1.97 bits per heavy atom. The van der Waals surface area contributed by atoms with E-state index in [1.54, 1.807) is 13.8 Å². The topological polar surface area (TPSA) is 118 Å². The lowest BCUT2D eigenvalue weighted by atomic mass is 9.93. The SMILES string of the molecule is CO[C@]1(NC(=O)Cn2cccc(C(F)(F)F)c2=O)C(=O)N2[C@@H](C(=O)O)C(C)(C)S[C@@H]21. The average molecular weight is 449 g/mol. The molecule has 2 N–H and O–H groups in total. The monoisotopic (exact) mass is 449 g/mol. The Morgan fingerprint density at radius 3 is 2.50 bits per heavy atom. The Balaban J connectivity index is 1.83. The lowest BCUT2D eigenvalue weighted by Crippen LogP contribution is -2.80. The number of amides is 2. The van der Waals surface area contributed by atoms with Gasteiger partial charge in [0.25, 0.3) is 17.2 Å². The van der Waals surface area contributed by atoms with Crippen LogP contribution >= 0.6 is 11.8 Å². The molecule has 0 aliphatic carbocycles. The van der Waals surface area contributed by atoms with E-state index in [1.165, 1.54) is 0 Å². The molecule has 13 heteroatoms. The van der Waals surface area contributed by atoms with Gasteiger partial charge in [0.1, 0.15) is 23.5 Å². The number of ether oxygens (including phenoxy) is 1. The van der Waals surface area contributed by atoms with Crippen molar-refractivity contribution in [3.63, 3.8) is 0 Å². The number of carbonyl (C=O) groups is 3. The number of alkyl halides is 3. The number of nitrogens with one attached hydrogen (secondary N) is 1. The van der Waals surface area contributed by atoms with Crippen LogP contribution in [0, 0.1) is 0 Å². The maximum atomic E-state index is 12.9. The number of pyridine rings is 1. The maximum Gasteiger partial charge on any atom is 0.421 e. The van der Waals surface area contributed by atoms with Crippen LogP contribution in [-0.2, 0) is 31.8 Å². The first-order valence-electron chi connectivity index (χ1n) is 8.62. The van der Waals surface area contributed by atoms with E-state index in [0.29, 0.717) is 10.6 Å². The van der Waals surface area contributed by atoms with Gasteiger partial charge in [0, 0.05) is 18.1 Å². The number of β-lactam (4-membered cyclic amide) rings is 1. The van der Waals surface area contributed by atoms with Crippen molar-refractivity contribution in [3.8, 4) is 0 Å². The molecule has 0 radical (unpaired) electrons. The summed E-state index contributed by atoms with van der Waals surface area (Å²) in [5.41, 5.74) is -4.72. The standard InChI is InChI=1S/C17H18F3N3O6S/c1-15(2)10(12(26)27)23-13(28)16(29-3,14(23)30-15)21-9(24)7-22-6-4-5-8(11(22)25)17(18,19)20/h4-6,10,14H,7H2,1-3H3,(H,21,24)(H,26,27)/t10-,14+,16+/m0/s1. The van der Waals surface area contributed by atoms with Crippen molar-refractivity contribution in [2.45, 2.75) is 48.5 Å². The van der Waals surface area contributed by atoms with Crippen LogP contribution in [0.4, 0.5) is 13.2 Å². The number of carboxylic acid groups (broad SMARTS) is 1. The number of aromatic nitrogens is 1. The number of hydrogen-bond acceptors (Lipinski definition) is 6. The van der Waals surface area contributed by atoms with E-state index < -0.39 is 63.5 Å². The zero-order chi connectivity index (χ0) is 22.6. The van der Waals surface area contributed by atoms with Crippen LogP contribution in [0.1, 0.15) is 19.4 Å². The molecule has 3 heterocycles. The van der Waals surface area contributed by atoms with Gasteiger partial charge in [-0.1, -0.05) is 0 Å². The molecule has 164 valence electrons. The van der Waals surface area contributed by atoms with Crippen molar-refractivity contribution in [1.82, 2.24) is 14.8 Å². The highest BCUT2D eigenvalue weighted by atomic mass is 32.2. The van der Waals surface area contributed by atoms with Crippen LogP contribution in [0.3, 0.4) is 0 Å². The van der Waals surface area contributed by atoms with Crippen LogP contribution in [0.2, 0.25) is 0 Å². The number of fused-ring (bicyclic) bond motifs is 1. The number of aliphatic carboxylic acids is 1. The van der Waals surface area contributed by atoms with Crippen LogP contribution in [0.15, 0.2) is 23.1 Å². The third-order valence-corrected chi connectivity index (χ3v) is 6.64. The molecule has 0 spiro atoms. The number of thioether (sulfide) groups is 1. The van der Waals surface area contributed by atoms with E-state index in [1.807, 2.05) is 0 Å². The Morgan fingerprint density at radius 1 is 1.33 bits per heavy atom. The minimum atomic E-state index is -4.88. The summed E-state index contributed by atoms with van der Waals surface area (Å²) in [5.74, 6) is -2.94. The summed E-state index contributed by atoms with van der Waals surface area (Å²) in [6, 6.07) is 0.433. The fourth-order valence-corrected chi connectivity index (χ4v) is 5.33. The number of methoxy groups -OCH3 is 1. The van der Waals surface area contributed by atoms with Crippen molar-refractivity contribution in [1.29, 1.82) is 0 Å². The molecule has 9 nitrogen and oxygen atoms in total. The van der Waals surface area contributed by atoms with Gasteiger partial charge in [0.2, 0.25) is 5.91 Å². The fourth-order valence-electron chi connectivity index (χ4n) is 3.66. The van der Waals surface area contributed by atoms with Gasteiger partial charge in [-0.25, -0.2) is 4.79 Å². The molecule has 1 aromatic rings. The Labute approximate surface area is 172 Å². The van der Waals surface area contributed by atoms with Crippen molar-refractivity contribution in [2.75, 3.05) is 7.11 Å². The van der Waals surface area contributed by atoms with E-state index in [0.717, 1.165) is 36.0 Å². The first-order chi connectivity index (χ1) is 13.8. The highest BCUT2D eigenvalue weighted by molar-refractivity contribution is 8.01. The number of carboxylic acids is 1. The van der Waals surface area contributed by atoms with E-state index in [9.17, 15) is 37.5 Å². The second-order valence-corrected chi connectivity index (χ2v) is 9.10. The summed E-state index contributed by atoms with van der Waals surface area (Å²) in [6.07, 6.45) is -3.87. The summed E-state index contributed by atoms with van der Waals surface area (Å²) >= 11 is 1.11. The summed E-state index contributed by atoms with van der Waals surface area (Å²) in [6.45, 7) is 2.48. The Bertz CT molecular complexity index is 978. The summed E-state index contributed by atoms with van der Waals surface area (Å²) in [7, 11) is 1.15. The highest BCUT2D eigenvalue weighted by Gasteiger charge is 2.73. The zero-order valence-corrected chi connectivity index (χ0v) is 16.8. The maximum absolute atomic E-state index is 12.9. The second kappa shape index (κ2) is 7.01. The van der Waals surface area contributed by atoms with Gasteiger partial charge in [0.05, 0.1) is 0 Å². The van der Waals surface area contributed by atoms with Crippen LogP contribution in [0.25, 0.3) is 0 Å². The minimum Gasteiger partial charge on any atom is -0.480 e. The molecular formula is C17H18F3N3O6S. The van der Waals surface area contributed by atoms with E-state index >= 15 is 0 Å². The number of carbonyl (C=O) groups excluding carboxylic acids is 2. The summed E-state index contributed by atoms with van der Waals surface area (Å²) in [5, 5.41) is 10.9. The van der Waals surface area contributed by atoms with Gasteiger partial charge in [-0.15, -0.1) is 11.8 Å². The van der Waals surface area contributed by atoms with Gasteiger partial charge >= 0.3 is 12.1 Å². The minimum absolute atomic E-state index is 0.564. The van der Waals surface area contributed by atoms with Crippen molar-refractivity contribution >= 4 is 29.5 Å². The Hall–Kier alpha value is -2.54. The van der Waals surface area contributed by atoms with Crippen LogP contribution in [0.5, 0.6) is 0 Å². The largest absolute Gasteiger partial charge is 0.480 e. The molecule has 30 heavy (non-hydrogen) atoms. The molecule has 2 amide bonds. The predicted molar refractivity (Wildman–Crippen MR) is 97.3 cm³/mol. The summed E-state index contributed by atoms with van der Waals surface area (Å²) < 4.78 is 43.6. The molecule has 3 rings (SSSR count). The van der Waals surface area contributed by atoms with Gasteiger partial charge in [-0.2, -0.15) is 13.2 Å². The molecule has 2 saturated heterocycles. The lowest BCUT2D eigenvalue weighted by molar-refractivity contribution is -0.201. The van der Waals surface area contributed by atoms with Crippen molar-refractivity contribution < 1.29 is 37.4 Å². The molecule has 3 atom stereocenters. The molecule has 0 saturated carbocycles. The highest BCUT2D eigenvalue weighted by Crippen LogP contribution is 2.55. The zero-order valence-electron chi connectivity index (χ0n) is 16.0. The quantitative estimate of drug-likeness (QED) is 0.496. The first kappa shape index (κ1) is 22.2. The third-order valence-electron chi connectivity index (χ3n) is 5.03. The van der Waals surface area contributed by atoms with Crippen molar-refractivity contribution in [3.05, 3.63) is 34.2 Å². The molecule has 2 fully saturated rings. The smallest absolute Gasteiger partial charge is 0.421 e. The van der Waals surface area contributed by atoms with Crippen LogP contribution in [-0.4, -0.2) is 61.4 Å². The van der Waals surface area contributed by atoms with E-state index in [2.05, 4.69) is 5.32 Å². The second-order valence-electron chi connectivity index (χ2n) is 7.37. The van der Waals surface area contributed by atoms with Crippen LogP contribution < -0.4 is 10.9 Å². The normalized spacial score (nSPS) is 27.4. The molecule has 2 aliphatic heterocycles. The van der Waals surface area contributed by atoms with E-state index in [4.69, 9.17) is 4.74 Å². The molecular weight excluding hydrogens is 431 g/mol. The first-order valence-corrected chi connectivity index (χ1v) is 9.50. The Kier molecular flexibility index (Phi) is 5.18. The van der Waals surface area contributed by atoms with E-state index in [-0.39, 0.29) is 0 Å². The van der Waals surface area contributed by atoms with Gasteiger partial charge in [-0.3, -0.25) is 14.4 Å². The molecule has 0 aromatic carbocycles. The van der Waals surface area contributed by atoms with Gasteiger partial charge in [0.15, 0.2) is 0 Å². The van der Waals surface area contributed by atoms with Gasteiger partial charge in [-0.05, 0) is 26.0 Å². The molecule has 0 unspecified atom stereocenters. The fraction of sp³-hybridized carbons (Fsp3) is 0.529. The third kappa shape index (κ3) is 3.25. The van der Waals surface area contributed by atoms with Gasteiger partial charge < -0.3 is 24.6 Å². The molecule has 0 bridgehead atoms. The molecule has 1 aromatic heterocycles. The molecule has 2 aliphatic rings. The number of nitrogens with zero attached hydrogens (tertiary/aromatic N) is 2. The number of hydrogen-bond donors (Lipinski definition) is 2. The lowest BCUT2D eigenvalue weighted by Gasteiger charge is -2.51. The summed E-state index contributed by atoms with van der Waals surface area (Å²) in [4.78, 5) is 49.9. The average Bonchev–Trinajstić information content (AvgIpc) is 2.89. The predicted octanol–water partition coefficient (Wildman–Crippen LogP) is 0.473. The number of halogens is 3. The number of rotatable bonds is 5. The van der Waals surface area contributed by atoms with Crippen molar-refractivity contribution in [2.24, 2.45) is 0 Å².